The Morgan fingerprint density at radius 1 is 1.36 bits per heavy atom. The number of aryl methyl sites for hydroxylation is 1. The zero-order valence-electron chi connectivity index (χ0n) is 14.1. The molecule has 2 heterocycles. The van der Waals surface area contributed by atoms with E-state index in [9.17, 15) is 5.11 Å². The molecule has 0 spiro atoms. The molecule has 6 nitrogen and oxygen atoms in total. The largest absolute Gasteiger partial charge is 0.392 e. The van der Waals surface area contributed by atoms with Crippen molar-refractivity contribution in [3.63, 3.8) is 0 Å². The van der Waals surface area contributed by atoms with Crippen molar-refractivity contribution in [1.82, 2.24) is 20.4 Å². The van der Waals surface area contributed by atoms with E-state index in [1.807, 2.05) is 6.92 Å². The Labute approximate surface area is 133 Å². The van der Waals surface area contributed by atoms with Crippen LogP contribution >= 0.6 is 0 Å². The van der Waals surface area contributed by atoms with Crippen LogP contribution in [0.5, 0.6) is 0 Å². The standard InChI is InChI=1S/C16H30N4O2/c1-4-5-15-18-16(22-19-15)13(3)17-10-14-6-8-20(9-7-14)11-12(2)21/h12-14,17,21H,4-11H2,1-3H3/t12-,13-/m1/s1. The number of hydrogen-bond acceptors (Lipinski definition) is 6. The second kappa shape index (κ2) is 8.60. The van der Waals surface area contributed by atoms with Gasteiger partial charge in [-0.2, -0.15) is 4.98 Å². The van der Waals surface area contributed by atoms with Crippen LogP contribution in [0.15, 0.2) is 4.52 Å². The SMILES string of the molecule is CCCc1noc([C@@H](C)NCC2CCN(C[C@@H](C)O)CC2)n1. The van der Waals surface area contributed by atoms with Gasteiger partial charge in [-0.1, -0.05) is 12.1 Å². The first-order valence-electron chi connectivity index (χ1n) is 8.54. The number of nitrogens with one attached hydrogen (secondary N) is 1. The van der Waals surface area contributed by atoms with Gasteiger partial charge in [0, 0.05) is 13.0 Å². The van der Waals surface area contributed by atoms with Crippen molar-refractivity contribution in [1.29, 1.82) is 0 Å². The summed E-state index contributed by atoms with van der Waals surface area (Å²) in [7, 11) is 0. The molecule has 1 aliphatic heterocycles. The van der Waals surface area contributed by atoms with Gasteiger partial charge < -0.3 is 19.8 Å². The lowest BCUT2D eigenvalue weighted by atomic mass is 9.96. The molecule has 1 aromatic heterocycles. The van der Waals surface area contributed by atoms with Crippen molar-refractivity contribution >= 4 is 0 Å². The maximum absolute atomic E-state index is 9.44. The predicted molar refractivity (Wildman–Crippen MR) is 85.6 cm³/mol. The third-order valence-electron chi connectivity index (χ3n) is 4.27. The third kappa shape index (κ3) is 5.34. The molecule has 126 valence electrons. The van der Waals surface area contributed by atoms with E-state index in [-0.39, 0.29) is 12.1 Å². The fourth-order valence-electron chi connectivity index (χ4n) is 2.95. The van der Waals surface area contributed by atoms with Gasteiger partial charge in [0.15, 0.2) is 5.82 Å². The topological polar surface area (TPSA) is 74.4 Å². The maximum Gasteiger partial charge on any atom is 0.243 e. The first kappa shape index (κ1) is 17.4. The molecule has 1 fully saturated rings. The number of likely N-dealkylation sites (tertiary alicyclic amines) is 1. The monoisotopic (exact) mass is 310 g/mol. The van der Waals surface area contributed by atoms with Gasteiger partial charge in [-0.05, 0) is 58.7 Å². The number of rotatable bonds is 8. The van der Waals surface area contributed by atoms with E-state index in [1.165, 1.54) is 12.8 Å². The number of aliphatic hydroxyl groups is 1. The van der Waals surface area contributed by atoms with Crippen LogP contribution in [0.3, 0.4) is 0 Å². The highest BCUT2D eigenvalue weighted by Crippen LogP contribution is 2.18. The molecule has 1 aliphatic rings. The molecule has 0 aliphatic carbocycles. The molecule has 0 bridgehead atoms. The van der Waals surface area contributed by atoms with Crippen molar-refractivity contribution < 1.29 is 9.63 Å². The van der Waals surface area contributed by atoms with Gasteiger partial charge in [0.05, 0.1) is 12.1 Å². The molecule has 1 aromatic rings. The van der Waals surface area contributed by atoms with E-state index in [0.29, 0.717) is 11.8 Å². The van der Waals surface area contributed by atoms with Gasteiger partial charge in [-0.3, -0.25) is 0 Å². The van der Waals surface area contributed by atoms with Crippen LogP contribution in [0.4, 0.5) is 0 Å². The number of nitrogens with zero attached hydrogens (tertiary/aromatic N) is 3. The molecule has 0 unspecified atom stereocenters. The van der Waals surface area contributed by atoms with E-state index >= 15 is 0 Å². The van der Waals surface area contributed by atoms with Crippen molar-refractivity contribution in [3.05, 3.63) is 11.7 Å². The second-order valence-electron chi connectivity index (χ2n) is 6.52. The van der Waals surface area contributed by atoms with Crippen LogP contribution in [0, 0.1) is 5.92 Å². The molecule has 2 atom stereocenters. The maximum atomic E-state index is 9.44. The van der Waals surface area contributed by atoms with Crippen LogP contribution in [-0.4, -0.2) is 52.4 Å². The molecule has 0 radical (unpaired) electrons. The van der Waals surface area contributed by atoms with E-state index < -0.39 is 0 Å². The average Bonchev–Trinajstić information content (AvgIpc) is 2.95. The minimum atomic E-state index is -0.232. The van der Waals surface area contributed by atoms with E-state index in [4.69, 9.17) is 4.52 Å². The molecular weight excluding hydrogens is 280 g/mol. The number of piperidine rings is 1. The first-order valence-corrected chi connectivity index (χ1v) is 8.54. The number of β-amino-alcohol motifs (C(OH)–C–C–N with tert-alkyl or cyclic N) is 1. The van der Waals surface area contributed by atoms with E-state index in [0.717, 1.165) is 44.8 Å². The Morgan fingerprint density at radius 2 is 2.09 bits per heavy atom. The van der Waals surface area contributed by atoms with Gasteiger partial charge in [0.1, 0.15) is 0 Å². The van der Waals surface area contributed by atoms with Crippen molar-refractivity contribution in [2.45, 2.75) is 58.6 Å². The summed E-state index contributed by atoms with van der Waals surface area (Å²) in [5, 5.41) is 17.0. The van der Waals surface area contributed by atoms with E-state index in [2.05, 4.69) is 34.2 Å². The Balaban J connectivity index is 1.69. The van der Waals surface area contributed by atoms with Gasteiger partial charge in [0.25, 0.3) is 0 Å². The molecule has 22 heavy (non-hydrogen) atoms. The minimum Gasteiger partial charge on any atom is -0.392 e. The predicted octanol–water partition coefficient (Wildman–Crippen LogP) is 1.77. The Morgan fingerprint density at radius 3 is 2.73 bits per heavy atom. The highest BCUT2D eigenvalue weighted by molar-refractivity contribution is 4.91. The van der Waals surface area contributed by atoms with Crippen LogP contribution in [0.25, 0.3) is 0 Å². The van der Waals surface area contributed by atoms with Crippen LogP contribution in [-0.2, 0) is 6.42 Å². The number of hydrogen-bond donors (Lipinski definition) is 2. The molecule has 0 aromatic carbocycles. The summed E-state index contributed by atoms with van der Waals surface area (Å²) in [5.41, 5.74) is 0. The average molecular weight is 310 g/mol. The zero-order chi connectivity index (χ0) is 15.9. The van der Waals surface area contributed by atoms with E-state index in [1.54, 1.807) is 0 Å². The third-order valence-corrected chi connectivity index (χ3v) is 4.27. The summed E-state index contributed by atoms with van der Waals surface area (Å²) in [6, 6.07) is 0.105. The minimum absolute atomic E-state index is 0.105. The number of aliphatic hydroxyl groups excluding tert-OH is 1. The lowest BCUT2D eigenvalue weighted by Gasteiger charge is -2.33. The Kier molecular flexibility index (Phi) is 6.79. The molecule has 1 saturated heterocycles. The molecule has 0 saturated carbocycles. The van der Waals surface area contributed by atoms with Crippen LogP contribution in [0.2, 0.25) is 0 Å². The van der Waals surface area contributed by atoms with Crippen molar-refractivity contribution in [3.8, 4) is 0 Å². The summed E-state index contributed by atoms with van der Waals surface area (Å²) in [4.78, 5) is 6.78. The van der Waals surface area contributed by atoms with Crippen molar-refractivity contribution in [2.75, 3.05) is 26.2 Å². The lowest BCUT2D eigenvalue weighted by Crippen LogP contribution is -2.40. The van der Waals surface area contributed by atoms with Gasteiger partial charge in [-0.15, -0.1) is 0 Å². The summed E-state index contributed by atoms with van der Waals surface area (Å²) >= 11 is 0. The second-order valence-corrected chi connectivity index (χ2v) is 6.52. The molecular formula is C16H30N4O2. The van der Waals surface area contributed by atoms with Gasteiger partial charge in [-0.25, -0.2) is 0 Å². The summed E-state index contributed by atoms with van der Waals surface area (Å²) in [5.74, 6) is 2.18. The normalized spacial score (nSPS) is 20.2. The van der Waals surface area contributed by atoms with Crippen LogP contribution < -0.4 is 5.32 Å². The smallest absolute Gasteiger partial charge is 0.243 e. The summed E-state index contributed by atoms with van der Waals surface area (Å²) < 4.78 is 5.32. The molecule has 2 rings (SSSR count). The molecule has 6 heteroatoms. The first-order chi connectivity index (χ1) is 10.6. The Bertz CT molecular complexity index is 428. The highest BCUT2D eigenvalue weighted by Gasteiger charge is 2.21. The van der Waals surface area contributed by atoms with Crippen molar-refractivity contribution in [2.24, 2.45) is 5.92 Å². The van der Waals surface area contributed by atoms with Gasteiger partial charge in [0.2, 0.25) is 5.89 Å². The number of aromatic nitrogens is 2. The molecule has 0 amide bonds. The zero-order valence-corrected chi connectivity index (χ0v) is 14.1. The fourth-order valence-corrected chi connectivity index (χ4v) is 2.95. The molecule has 2 N–H and O–H groups in total. The van der Waals surface area contributed by atoms with Gasteiger partial charge >= 0.3 is 0 Å². The van der Waals surface area contributed by atoms with Crippen LogP contribution in [0.1, 0.15) is 57.8 Å². The lowest BCUT2D eigenvalue weighted by molar-refractivity contribution is 0.0991. The fraction of sp³-hybridized carbons (Fsp3) is 0.875. The highest BCUT2D eigenvalue weighted by atomic mass is 16.5. The quantitative estimate of drug-likeness (QED) is 0.762. The Hall–Kier alpha value is -0.980. The summed E-state index contributed by atoms with van der Waals surface area (Å²) in [6.07, 6.45) is 4.03. The summed E-state index contributed by atoms with van der Waals surface area (Å²) in [6.45, 7) is 9.97.